The lowest BCUT2D eigenvalue weighted by Gasteiger charge is -2.42. The number of carbonyl (C=O) groups is 1. The number of amides is 1. The summed E-state index contributed by atoms with van der Waals surface area (Å²) in [6, 6.07) is 20.2. The topological polar surface area (TPSA) is 29.1 Å². The van der Waals surface area contributed by atoms with Crippen LogP contribution < -0.4 is 10.5 Å². The summed E-state index contributed by atoms with van der Waals surface area (Å²) in [4.78, 5) is 13.0. The Bertz CT molecular complexity index is 699. The number of rotatable bonds is 9. The van der Waals surface area contributed by atoms with E-state index in [4.69, 9.17) is 0 Å². The lowest BCUT2D eigenvalue weighted by molar-refractivity contribution is 0.0890. The molecule has 1 amide bonds. The Morgan fingerprint density at radius 2 is 1.65 bits per heavy atom. The van der Waals surface area contributed by atoms with Crippen molar-refractivity contribution in [2.45, 2.75) is 38.8 Å². The highest BCUT2D eigenvalue weighted by molar-refractivity contribution is 6.57. The standard InChI is InChI=1S/C23H31NOSi/c1-5-6-17-23(19(4)18(2)3,26-21-15-11-8-12-16-21)24-22(25)20-13-9-7-10-14-20/h5,7-16,18-19H,1,6,17,26H2,2-4H3,(H,24,25). The fourth-order valence-corrected chi connectivity index (χ4v) is 6.20. The highest BCUT2D eigenvalue weighted by Crippen LogP contribution is 2.29. The van der Waals surface area contributed by atoms with Crippen LogP contribution in [0.2, 0.25) is 0 Å². The number of hydrogen-bond acceptors (Lipinski definition) is 1. The molecule has 0 saturated heterocycles. The molecule has 3 heteroatoms. The molecule has 0 heterocycles. The fourth-order valence-electron chi connectivity index (χ4n) is 3.54. The first-order chi connectivity index (χ1) is 12.5. The Labute approximate surface area is 160 Å². The van der Waals surface area contributed by atoms with Crippen LogP contribution in [0.15, 0.2) is 73.3 Å². The van der Waals surface area contributed by atoms with Gasteiger partial charge in [-0.2, -0.15) is 0 Å². The van der Waals surface area contributed by atoms with Gasteiger partial charge in [-0.1, -0.05) is 80.6 Å². The van der Waals surface area contributed by atoms with Gasteiger partial charge in [0.25, 0.3) is 5.91 Å². The van der Waals surface area contributed by atoms with Crippen LogP contribution >= 0.6 is 0 Å². The van der Waals surface area contributed by atoms with E-state index in [1.54, 1.807) is 0 Å². The van der Waals surface area contributed by atoms with E-state index < -0.39 is 9.52 Å². The molecule has 138 valence electrons. The van der Waals surface area contributed by atoms with Crippen LogP contribution in [0.3, 0.4) is 0 Å². The summed E-state index contributed by atoms with van der Waals surface area (Å²) >= 11 is 0. The van der Waals surface area contributed by atoms with Crippen molar-refractivity contribution in [2.24, 2.45) is 11.8 Å². The van der Waals surface area contributed by atoms with Crippen molar-refractivity contribution in [1.29, 1.82) is 0 Å². The van der Waals surface area contributed by atoms with Gasteiger partial charge in [0.1, 0.15) is 0 Å². The van der Waals surface area contributed by atoms with E-state index in [-0.39, 0.29) is 11.1 Å². The second-order valence-electron chi connectivity index (χ2n) is 7.50. The number of hydrogen-bond donors (Lipinski definition) is 1. The predicted molar refractivity (Wildman–Crippen MR) is 115 cm³/mol. The molecule has 1 N–H and O–H groups in total. The molecule has 0 aliphatic heterocycles. The molecule has 0 spiro atoms. The summed E-state index contributed by atoms with van der Waals surface area (Å²) in [7, 11) is -0.742. The van der Waals surface area contributed by atoms with E-state index in [1.165, 1.54) is 5.19 Å². The minimum absolute atomic E-state index is 0.0330. The summed E-state index contributed by atoms with van der Waals surface area (Å²) in [6.07, 6.45) is 3.82. The van der Waals surface area contributed by atoms with Gasteiger partial charge >= 0.3 is 0 Å². The summed E-state index contributed by atoms with van der Waals surface area (Å²) in [5.74, 6) is 0.916. The number of nitrogens with one attached hydrogen (secondary N) is 1. The fraction of sp³-hybridized carbons (Fsp3) is 0.348. The number of allylic oxidation sites excluding steroid dienone is 1. The first-order valence-corrected chi connectivity index (χ1v) is 10.9. The maximum atomic E-state index is 13.0. The molecule has 2 aromatic carbocycles. The van der Waals surface area contributed by atoms with Crippen LogP contribution in [0.25, 0.3) is 0 Å². The van der Waals surface area contributed by atoms with Crippen LogP contribution in [0.1, 0.15) is 44.0 Å². The van der Waals surface area contributed by atoms with Crippen LogP contribution in [0.4, 0.5) is 0 Å². The smallest absolute Gasteiger partial charge is 0.251 e. The van der Waals surface area contributed by atoms with Crippen molar-refractivity contribution >= 4 is 20.6 Å². The summed E-state index contributed by atoms with van der Waals surface area (Å²) in [6.45, 7) is 10.7. The molecule has 2 nitrogen and oxygen atoms in total. The SMILES string of the molecule is C=CCCC(NC(=O)c1ccccc1)([SiH2]c1ccccc1)C(C)C(C)C. The van der Waals surface area contributed by atoms with Gasteiger partial charge in [0, 0.05) is 10.7 Å². The Morgan fingerprint density at radius 3 is 2.19 bits per heavy atom. The van der Waals surface area contributed by atoms with Crippen molar-refractivity contribution in [3.63, 3.8) is 0 Å². The van der Waals surface area contributed by atoms with Crippen LogP contribution in [0.5, 0.6) is 0 Å². The second kappa shape index (κ2) is 9.53. The van der Waals surface area contributed by atoms with E-state index in [2.05, 4.69) is 63.0 Å². The molecular formula is C23H31NOSi. The molecule has 26 heavy (non-hydrogen) atoms. The lowest BCUT2D eigenvalue weighted by atomic mass is 9.86. The second-order valence-corrected chi connectivity index (χ2v) is 9.93. The van der Waals surface area contributed by atoms with Crippen molar-refractivity contribution < 1.29 is 4.79 Å². The van der Waals surface area contributed by atoms with Crippen molar-refractivity contribution in [3.05, 3.63) is 78.9 Å². The van der Waals surface area contributed by atoms with E-state index in [9.17, 15) is 4.79 Å². The van der Waals surface area contributed by atoms with Crippen molar-refractivity contribution in [2.75, 3.05) is 0 Å². The molecule has 2 unspecified atom stereocenters. The van der Waals surface area contributed by atoms with Crippen molar-refractivity contribution in [3.8, 4) is 0 Å². The average Bonchev–Trinajstić information content (AvgIpc) is 2.66. The molecule has 0 fully saturated rings. The zero-order chi connectivity index (χ0) is 19.0. The van der Waals surface area contributed by atoms with Gasteiger partial charge in [-0.3, -0.25) is 4.79 Å². The molecule has 2 rings (SSSR count). The predicted octanol–water partition coefficient (Wildman–Crippen LogP) is 3.87. The molecule has 0 aliphatic carbocycles. The zero-order valence-electron chi connectivity index (χ0n) is 16.2. The quantitative estimate of drug-likeness (QED) is 0.530. The normalized spacial score (nSPS) is 14.9. The van der Waals surface area contributed by atoms with Gasteiger partial charge in [-0.25, -0.2) is 0 Å². The van der Waals surface area contributed by atoms with Crippen LogP contribution in [0, 0.1) is 11.8 Å². The molecule has 0 aliphatic rings. The first-order valence-electron chi connectivity index (χ1n) is 9.51. The van der Waals surface area contributed by atoms with Gasteiger partial charge in [-0.05, 0) is 36.8 Å². The minimum atomic E-state index is -0.742. The minimum Gasteiger partial charge on any atom is -0.349 e. The molecular weight excluding hydrogens is 334 g/mol. The van der Waals surface area contributed by atoms with Gasteiger partial charge < -0.3 is 5.32 Å². The third-order valence-electron chi connectivity index (χ3n) is 5.43. The van der Waals surface area contributed by atoms with Crippen molar-refractivity contribution in [1.82, 2.24) is 5.32 Å². The van der Waals surface area contributed by atoms with E-state index in [0.717, 1.165) is 18.4 Å². The van der Waals surface area contributed by atoms with E-state index in [0.29, 0.717) is 11.8 Å². The molecule has 0 radical (unpaired) electrons. The maximum Gasteiger partial charge on any atom is 0.251 e. The largest absolute Gasteiger partial charge is 0.349 e. The van der Waals surface area contributed by atoms with Gasteiger partial charge in [0.05, 0.1) is 9.52 Å². The van der Waals surface area contributed by atoms with Gasteiger partial charge in [0.2, 0.25) is 0 Å². The summed E-state index contributed by atoms with van der Waals surface area (Å²) in [5.41, 5.74) is 0.730. The van der Waals surface area contributed by atoms with E-state index >= 15 is 0 Å². The number of benzene rings is 2. The Morgan fingerprint density at radius 1 is 1.08 bits per heavy atom. The van der Waals surface area contributed by atoms with E-state index in [1.807, 2.05) is 36.4 Å². The third-order valence-corrected chi connectivity index (χ3v) is 8.11. The Balaban J connectivity index is 2.39. The summed E-state index contributed by atoms with van der Waals surface area (Å²) in [5, 5.41) is 4.70. The maximum absolute atomic E-state index is 13.0. The van der Waals surface area contributed by atoms with Gasteiger partial charge in [0.15, 0.2) is 0 Å². The highest BCUT2D eigenvalue weighted by atomic mass is 28.2. The molecule has 2 atom stereocenters. The Kier molecular flexibility index (Phi) is 7.40. The summed E-state index contributed by atoms with van der Waals surface area (Å²) < 4.78 is 0. The molecule has 0 bridgehead atoms. The Hall–Kier alpha value is -2.13. The van der Waals surface area contributed by atoms with Crippen LogP contribution in [-0.2, 0) is 0 Å². The zero-order valence-corrected chi connectivity index (χ0v) is 17.7. The molecule has 0 aromatic heterocycles. The lowest BCUT2D eigenvalue weighted by Crippen LogP contribution is -2.61. The molecule has 2 aromatic rings. The number of carbonyl (C=O) groups excluding carboxylic acids is 1. The molecule has 0 saturated carbocycles. The van der Waals surface area contributed by atoms with Gasteiger partial charge in [-0.15, -0.1) is 6.58 Å². The highest BCUT2D eigenvalue weighted by Gasteiger charge is 2.39. The van der Waals surface area contributed by atoms with Crippen LogP contribution in [-0.4, -0.2) is 20.6 Å². The third kappa shape index (κ3) is 5.18. The monoisotopic (exact) mass is 365 g/mol. The average molecular weight is 366 g/mol. The first kappa shape index (κ1) is 20.2.